The van der Waals surface area contributed by atoms with Crippen molar-refractivity contribution in [2.75, 3.05) is 12.0 Å². The molecule has 0 bridgehead atoms. The summed E-state index contributed by atoms with van der Waals surface area (Å²) < 4.78 is 1.38. The molecule has 0 amide bonds. The van der Waals surface area contributed by atoms with E-state index in [4.69, 9.17) is 5.73 Å². The van der Waals surface area contributed by atoms with E-state index in [1.807, 2.05) is 12.1 Å². The molecule has 0 saturated heterocycles. The van der Waals surface area contributed by atoms with E-state index in [9.17, 15) is 0 Å². The van der Waals surface area contributed by atoms with Gasteiger partial charge in [0.2, 0.25) is 0 Å². The third-order valence-corrected chi connectivity index (χ3v) is 2.39. The predicted octanol–water partition coefficient (Wildman–Crippen LogP) is 1.10. The van der Waals surface area contributed by atoms with Crippen molar-refractivity contribution >= 4 is 9.59 Å². The molecular weight excluding hydrogens is 320 g/mol. The van der Waals surface area contributed by atoms with Gasteiger partial charge in [-0.3, -0.25) is 0 Å². The Labute approximate surface area is 83.6 Å². The van der Waals surface area contributed by atoms with Crippen molar-refractivity contribution in [2.45, 2.75) is 6.92 Å². The van der Waals surface area contributed by atoms with Gasteiger partial charge in [-0.15, -0.1) is 0 Å². The van der Waals surface area contributed by atoms with Crippen molar-refractivity contribution < 1.29 is 19.4 Å². The molecular formula is C9H12N2W. The van der Waals surface area contributed by atoms with Crippen molar-refractivity contribution in [2.24, 2.45) is 5.73 Å². The maximum atomic E-state index is 5.42. The summed E-state index contributed by atoms with van der Waals surface area (Å²) in [6.07, 6.45) is 0. The normalized spacial score (nSPS) is 9.50. The first-order valence-corrected chi connectivity index (χ1v) is 5.26. The predicted molar refractivity (Wildman–Crippen MR) is 48.9 cm³/mol. The molecule has 0 heterocycles. The standard InChI is InChI=1S/C9H12N2.W/c1-2-8-5-3-4-6-9(8)11-7-10;/h3-6,11H,7,10H2,1H3;. The molecule has 0 spiro atoms. The third-order valence-electron chi connectivity index (χ3n) is 1.60. The number of anilines is 1. The van der Waals surface area contributed by atoms with Crippen molar-refractivity contribution in [3.8, 4) is 0 Å². The molecule has 0 saturated carbocycles. The molecule has 0 aliphatic carbocycles. The van der Waals surface area contributed by atoms with Crippen molar-refractivity contribution in [3.05, 3.63) is 29.8 Å². The molecule has 0 fully saturated rings. The van der Waals surface area contributed by atoms with Crippen molar-refractivity contribution in [1.29, 1.82) is 0 Å². The van der Waals surface area contributed by atoms with Crippen molar-refractivity contribution in [1.82, 2.24) is 0 Å². The van der Waals surface area contributed by atoms with E-state index in [0.29, 0.717) is 6.67 Å². The molecule has 2 nitrogen and oxygen atoms in total. The Balaban J connectivity index is 3.00. The molecule has 0 unspecified atom stereocenters. The molecule has 1 aromatic rings. The fourth-order valence-corrected chi connectivity index (χ4v) is 1.69. The molecule has 3 heteroatoms. The van der Waals surface area contributed by atoms with Crippen LogP contribution in [0.4, 0.5) is 5.69 Å². The second-order valence-corrected chi connectivity index (χ2v) is 4.68. The summed E-state index contributed by atoms with van der Waals surface area (Å²) in [6, 6.07) is 8.22. The number of hydrogen-bond acceptors (Lipinski definition) is 2. The summed E-state index contributed by atoms with van der Waals surface area (Å²) in [5, 5.41) is 3.13. The van der Waals surface area contributed by atoms with Crippen LogP contribution in [0.5, 0.6) is 0 Å². The molecule has 0 radical (unpaired) electrons. The van der Waals surface area contributed by atoms with E-state index in [-0.39, 0.29) is 0 Å². The quantitative estimate of drug-likeness (QED) is 0.814. The average Bonchev–Trinajstić information content (AvgIpc) is 2.05. The number of hydrogen-bond donors (Lipinski definition) is 2. The van der Waals surface area contributed by atoms with Crippen LogP contribution in [0, 0.1) is 0 Å². The van der Waals surface area contributed by atoms with E-state index >= 15 is 0 Å². The number of nitrogens with one attached hydrogen (secondary N) is 1. The zero-order valence-electron chi connectivity index (χ0n) is 7.00. The van der Waals surface area contributed by atoms with Gasteiger partial charge in [0, 0.05) is 0 Å². The van der Waals surface area contributed by atoms with Gasteiger partial charge in [0.05, 0.1) is 0 Å². The van der Waals surface area contributed by atoms with Gasteiger partial charge in [-0.1, -0.05) is 0 Å². The molecule has 0 aliphatic heterocycles. The summed E-state index contributed by atoms with van der Waals surface area (Å²) >= 11 is 1.50. The SMILES string of the molecule is C[C](=[W])c1ccccc1NCN. The van der Waals surface area contributed by atoms with Crippen LogP contribution in [0.2, 0.25) is 0 Å². The summed E-state index contributed by atoms with van der Waals surface area (Å²) in [5.74, 6) is 0. The van der Waals surface area contributed by atoms with Gasteiger partial charge < -0.3 is 0 Å². The van der Waals surface area contributed by atoms with E-state index in [0.717, 1.165) is 5.69 Å². The summed E-state index contributed by atoms with van der Waals surface area (Å²) in [5.41, 5.74) is 7.82. The minimum absolute atomic E-state index is 0.486. The van der Waals surface area contributed by atoms with Gasteiger partial charge in [0.1, 0.15) is 0 Å². The summed E-state index contributed by atoms with van der Waals surface area (Å²) in [4.78, 5) is 0. The van der Waals surface area contributed by atoms with Crippen LogP contribution >= 0.6 is 0 Å². The van der Waals surface area contributed by atoms with E-state index in [1.165, 1.54) is 28.8 Å². The monoisotopic (exact) mass is 332 g/mol. The van der Waals surface area contributed by atoms with Gasteiger partial charge in [0.15, 0.2) is 0 Å². The average molecular weight is 332 g/mol. The topological polar surface area (TPSA) is 38.0 Å². The Morgan fingerprint density at radius 1 is 1.50 bits per heavy atom. The Hall–Kier alpha value is -0.462. The molecule has 1 rings (SSSR count). The minimum atomic E-state index is 0.486. The van der Waals surface area contributed by atoms with Crippen molar-refractivity contribution in [3.63, 3.8) is 0 Å². The van der Waals surface area contributed by atoms with Crippen LogP contribution in [0.1, 0.15) is 12.5 Å². The molecule has 0 atom stereocenters. The number of para-hydroxylation sites is 1. The summed E-state index contributed by atoms with van der Waals surface area (Å²) in [6.45, 7) is 2.62. The summed E-state index contributed by atoms with van der Waals surface area (Å²) in [7, 11) is 0. The van der Waals surface area contributed by atoms with Crippen LogP contribution in [0.3, 0.4) is 0 Å². The maximum absolute atomic E-state index is 5.42. The fourth-order valence-electron chi connectivity index (χ4n) is 1.05. The van der Waals surface area contributed by atoms with Gasteiger partial charge in [-0.2, -0.15) is 0 Å². The van der Waals surface area contributed by atoms with Crippen LogP contribution in [0.25, 0.3) is 0 Å². The molecule has 1 aromatic carbocycles. The Bertz CT molecular complexity index is 284. The first-order chi connectivity index (χ1) is 5.75. The van der Waals surface area contributed by atoms with Gasteiger partial charge in [-0.05, 0) is 0 Å². The fraction of sp³-hybridized carbons (Fsp3) is 0.222. The molecule has 3 N–H and O–H groups in total. The van der Waals surface area contributed by atoms with Crippen LogP contribution in [-0.4, -0.2) is 10.6 Å². The van der Waals surface area contributed by atoms with Crippen LogP contribution in [0.15, 0.2) is 24.3 Å². The number of nitrogens with two attached hydrogens (primary N) is 1. The van der Waals surface area contributed by atoms with Gasteiger partial charge in [-0.25, -0.2) is 0 Å². The van der Waals surface area contributed by atoms with Gasteiger partial charge >= 0.3 is 83.4 Å². The molecule has 12 heavy (non-hydrogen) atoms. The molecule has 0 aromatic heterocycles. The first kappa shape index (κ1) is 9.62. The first-order valence-electron chi connectivity index (χ1n) is 3.79. The Morgan fingerprint density at radius 3 is 2.75 bits per heavy atom. The van der Waals surface area contributed by atoms with E-state index < -0.39 is 0 Å². The molecule has 0 aliphatic rings. The zero-order chi connectivity index (χ0) is 8.97. The second-order valence-electron chi connectivity index (χ2n) is 2.48. The third kappa shape index (κ3) is 2.26. The Morgan fingerprint density at radius 2 is 2.17 bits per heavy atom. The van der Waals surface area contributed by atoms with E-state index in [1.54, 1.807) is 0 Å². The van der Waals surface area contributed by atoms with Crippen LogP contribution in [-0.2, 0) is 19.4 Å². The Kier molecular flexibility index (Phi) is 3.64. The van der Waals surface area contributed by atoms with E-state index in [2.05, 4.69) is 24.4 Å². The van der Waals surface area contributed by atoms with Crippen LogP contribution < -0.4 is 11.1 Å². The second kappa shape index (κ2) is 4.54. The zero-order valence-corrected chi connectivity index (χ0v) is 9.94. The molecule has 64 valence electrons. The van der Waals surface area contributed by atoms with Gasteiger partial charge in [0.25, 0.3) is 0 Å². The number of benzene rings is 1. The number of rotatable bonds is 3.